The van der Waals surface area contributed by atoms with E-state index in [1.807, 2.05) is 0 Å². The number of ether oxygens (including phenoxy) is 6. The molecule has 0 bridgehead atoms. The van der Waals surface area contributed by atoms with Gasteiger partial charge in [0.15, 0.2) is 29.6 Å². The van der Waals surface area contributed by atoms with E-state index in [9.17, 15) is 9.59 Å². The molecule has 0 saturated heterocycles. The molecule has 0 atom stereocenters. The standard InChI is InChI=1S/C22H23ClO8/c1-26-17-9-13(8-15(23)21(17)29-4)6-7-20(25)31-12-16(24)14-10-18(27-2)22(30-5)19(11-14)28-3/h6-11H,12H2,1-5H3. The summed E-state index contributed by atoms with van der Waals surface area (Å²) in [7, 11) is 7.29. The molecule has 2 aromatic rings. The van der Waals surface area contributed by atoms with Crippen LogP contribution in [-0.2, 0) is 9.53 Å². The smallest absolute Gasteiger partial charge is 0.331 e. The Labute approximate surface area is 185 Å². The minimum Gasteiger partial charge on any atom is -0.493 e. The number of ketones is 1. The number of hydrogen-bond acceptors (Lipinski definition) is 8. The molecule has 2 aromatic carbocycles. The monoisotopic (exact) mass is 450 g/mol. The summed E-state index contributed by atoms with van der Waals surface area (Å²) < 4.78 is 31.1. The van der Waals surface area contributed by atoms with Gasteiger partial charge in [0, 0.05) is 11.6 Å². The van der Waals surface area contributed by atoms with E-state index in [-0.39, 0.29) is 5.56 Å². The molecular formula is C22H23ClO8. The van der Waals surface area contributed by atoms with Crippen LogP contribution in [0, 0.1) is 0 Å². The Hall–Kier alpha value is -3.39. The van der Waals surface area contributed by atoms with Crippen molar-refractivity contribution >= 4 is 29.4 Å². The van der Waals surface area contributed by atoms with Crippen molar-refractivity contribution < 1.29 is 38.0 Å². The Morgan fingerprint density at radius 3 is 1.87 bits per heavy atom. The molecule has 0 aromatic heterocycles. The largest absolute Gasteiger partial charge is 0.493 e. The maximum absolute atomic E-state index is 12.5. The zero-order valence-electron chi connectivity index (χ0n) is 17.8. The maximum Gasteiger partial charge on any atom is 0.331 e. The van der Waals surface area contributed by atoms with Crippen LogP contribution in [0.4, 0.5) is 0 Å². The van der Waals surface area contributed by atoms with Crippen LogP contribution < -0.4 is 23.7 Å². The molecule has 9 heteroatoms. The molecule has 0 spiro atoms. The van der Waals surface area contributed by atoms with E-state index in [4.69, 9.17) is 40.0 Å². The van der Waals surface area contributed by atoms with E-state index in [0.29, 0.717) is 39.3 Å². The number of hydrogen-bond donors (Lipinski definition) is 0. The summed E-state index contributed by atoms with van der Waals surface area (Å²) in [6, 6.07) is 6.22. The van der Waals surface area contributed by atoms with Gasteiger partial charge < -0.3 is 28.4 Å². The number of carbonyl (C=O) groups excluding carboxylic acids is 2. The number of rotatable bonds is 10. The van der Waals surface area contributed by atoms with Crippen molar-refractivity contribution in [1.29, 1.82) is 0 Å². The fourth-order valence-corrected chi connectivity index (χ4v) is 3.00. The third-order valence-electron chi connectivity index (χ3n) is 4.20. The zero-order chi connectivity index (χ0) is 23.0. The van der Waals surface area contributed by atoms with E-state index in [1.165, 1.54) is 59.8 Å². The predicted molar refractivity (Wildman–Crippen MR) is 115 cm³/mol. The van der Waals surface area contributed by atoms with Crippen molar-refractivity contribution in [3.8, 4) is 28.7 Å². The number of benzene rings is 2. The lowest BCUT2D eigenvalue weighted by molar-refractivity contribution is -0.136. The molecule has 0 unspecified atom stereocenters. The summed E-state index contributed by atoms with van der Waals surface area (Å²) in [5, 5.41) is 0.326. The Balaban J connectivity index is 2.08. The fraction of sp³-hybridized carbons (Fsp3) is 0.273. The topological polar surface area (TPSA) is 89.5 Å². The minimum atomic E-state index is -0.702. The van der Waals surface area contributed by atoms with Crippen LogP contribution in [0.15, 0.2) is 30.3 Å². The van der Waals surface area contributed by atoms with Crippen LogP contribution >= 0.6 is 11.6 Å². The van der Waals surface area contributed by atoms with Crippen LogP contribution in [0.1, 0.15) is 15.9 Å². The second kappa shape index (κ2) is 11.1. The molecule has 0 aliphatic rings. The van der Waals surface area contributed by atoms with Gasteiger partial charge in [-0.05, 0) is 35.9 Å². The number of methoxy groups -OCH3 is 5. The average molecular weight is 451 g/mol. The van der Waals surface area contributed by atoms with Gasteiger partial charge in [-0.15, -0.1) is 0 Å². The highest BCUT2D eigenvalue weighted by atomic mass is 35.5. The predicted octanol–water partition coefficient (Wildman–Crippen LogP) is 3.82. The van der Waals surface area contributed by atoms with Gasteiger partial charge in [0.1, 0.15) is 0 Å². The van der Waals surface area contributed by atoms with Crippen LogP contribution in [-0.4, -0.2) is 53.9 Å². The van der Waals surface area contributed by atoms with Gasteiger partial charge in [0.25, 0.3) is 0 Å². The summed E-state index contributed by atoms with van der Waals surface area (Å²) in [5.74, 6) is 0.667. The lowest BCUT2D eigenvalue weighted by Crippen LogP contribution is -2.13. The zero-order valence-corrected chi connectivity index (χ0v) is 18.6. The van der Waals surface area contributed by atoms with Gasteiger partial charge in [-0.25, -0.2) is 4.79 Å². The Morgan fingerprint density at radius 1 is 0.806 bits per heavy atom. The molecule has 0 N–H and O–H groups in total. The van der Waals surface area contributed by atoms with Crippen molar-refractivity contribution in [3.05, 3.63) is 46.5 Å². The first-order valence-corrected chi connectivity index (χ1v) is 9.35. The molecule has 0 saturated carbocycles. The summed E-state index contributed by atoms with van der Waals surface area (Å²) in [4.78, 5) is 24.5. The molecule has 2 rings (SSSR count). The molecule has 166 valence electrons. The van der Waals surface area contributed by atoms with Crippen LogP contribution in [0.2, 0.25) is 5.02 Å². The van der Waals surface area contributed by atoms with Crippen molar-refractivity contribution in [3.63, 3.8) is 0 Å². The molecule has 0 fully saturated rings. The third-order valence-corrected chi connectivity index (χ3v) is 4.48. The Bertz CT molecular complexity index is 959. The van der Waals surface area contributed by atoms with Gasteiger partial charge in [0.05, 0.1) is 40.6 Å². The van der Waals surface area contributed by atoms with Gasteiger partial charge in [0.2, 0.25) is 11.5 Å². The normalized spacial score (nSPS) is 10.5. The molecule has 0 aliphatic heterocycles. The van der Waals surface area contributed by atoms with Gasteiger partial charge in [-0.2, -0.15) is 0 Å². The maximum atomic E-state index is 12.5. The molecule has 0 heterocycles. The fourth-order valence-electron chi connectivity index (χ4n) is 2.71. The van der Waals surface area contributed by atoms with Crippen molar-refractivity contribution in [2.24, 2.45) is 0 Å². The van der Waals surface area contributed by atoms with Crippen LogP contribution in [0.5, 0.6) is 28.7 Å². The van der Waals surface area contributed by atoms with E-state index < -0.39 is 18.4 Å². The van der Waals surface area contributed by atoms with E-state index in [2.05, 4.69) is 0 Å². The SMILES string of the molecule is COc1cc(C=CC(=O)OCC(=O)c2cc(OC)c(OC)c(OC)c2)cc(Cl)c1OC. The summed E-state index contributed by atoms with van der Waals surface area (Å²) in [6.45, 7) is -0.464. The van der Waals surface area contributed by atoms with Gasteiger partial charge in [-0.3, -0.25) is 4.79 Å². The number of esters is 1. The van der Waals surface area contributed by atoms with Crippen LogP contribution in [0.3, 0.4) is 0 Å². The summed E-state index contributed by atoms with van der Waals surface area (Å²) in [6.07, 6.45) is 2.67. The van der Waals surface area contributed by atoms with Gasteiger partial charge >= 0.3 is 5.97 Å². The number of Topliss-reactive ketones (excluding diaryl/α,β-unsaturated/α-hetero) is 1. The first-order chi connectivity index (χ1) is 14.9. The molecular weight excluding hydrogens is 428 g/mol. The Kier molecular flexibility index (Phi) is 8.57. The number of carbonyl (C=O) groups is 2. The minimum absolute atomic E-state index is 0.248. The number of halogens is 1. The van der Waals surface area contributed by atoms with E-state index in [0.717, 1.165) is 0 Å². The summed E-state index contributed by atoms with van der Waals surface area (Å²) in [5.41, 5.74) is 0.841. The molecule has 8 nitrogen and oxygen atoms in total. The second-order valence-electron chi connectivity index (χ2n) is 6.02. The van der Waals surface area contributed by atoms with Crippen molar-refractivity contribution in [2.75, 3.05) is 42.2 Å². The molecule has 31 heavy (non-hydrogen) atoms. The highest BCUT2D eigenvalue weighted by Gasteiger charge is 2.18. The molecule has 0 aliphatic carbocycles. The molecule has 0 amide bonds. The summed E-state index contributed by atoms with van der Waals surface area (Å²) >= 11 is 6.14. The quantitative estimate of drug-likeness (QED) is 0.306. The lowest BCUT2D eigenvalue weighted by Gasteiger charge is -2.13. The lowest BCUT2D eigenvalue weighted by atomic mass is 10.1. The van der Waals surface area contributed by atoms with Crippen molar-refractivity contribution in [1.82, 2.24) is 0 Å². The van der Waals surface area contributed by atoms with E-state index >= 15 is 0 Å². The first kappa shape index (κ1) is 23.9. The Morgan fingerprint density at radius 2 is 1.35 bits per heavy atom. The molecule has 0 radical (unpaired) electrons. The highest BCUT2D eigenvalue weighted by molar-refractivity contribution is 6.32. The van der Waals surface area contributed by atoms with Crippen LogP contribution in [0.25, 0.3) is 6.08 Å². The average Bonchev–Trinajstić information content (AvgIpc) is 2.79. The van der Waals surface area contributed by atoms with Crippen molar-refractivity contribution in [2.45, 2.75) is 0 Å². The third kappa shape index (κ3) is 5.82. The van der Waals surface area contributed by atoms with Gasteiger partial charge in [-0.1, -0.05) is 11.6 Å². The van der Waals surface area contributed by atoms with E-state index in [1.54, 1.807) is 12.1 Å². The first-order valence-electron chi connectivity index (χ1n) is 8.98. The highest BCUT2D eigenvalue weighted by Crippen LogP contribution is 2.38. The second-order valence-corrected chi connectivity index (χ2v) is 6.42.